The van der Waals surface area contributed by atoms with Crippen LogP contribution in [0.15, 0.2) is 48.5 Å². The Hall–Kier alpha value is -2.01. The summed E-state index contributed by atoms with van der Waals surface area (Å²) in [5, 5.41) is 5.81. The summed E-state index contributed by atoms with van der Waals surface area (Å²) in [7, 11) is 0. The second-order valence-electron chi connectivity index (χ2n) is 4.60. The van der Waals surface area contributed by atoms with Crippen LogP contribution < -0.4 is 4.74 Å². The SMILES string of the molecule is O=COc1cc(-c2ccc(Cl)cc2Cl)n(-c2cccc(Cl)c2)n1. The molecule has 2 aromatic carbocycles. The van der Waals surface area contributed by atoms with E-state index in [-0.39, 0.29) is 5.88 Å². The van der Waals surface area contributed by atoms with Gasteiger partial charge in [0.2, 0.25) is 5.88 Å². The first-order valence-corrected chi connectivity index (χ1v) is 7.63. The van der Waals surface area contributed by atoms with Crippen molar-refractivity contribution in [1.29, 1.82) is 0 Å². The second kappa shape index (κ2) is 6.62. The van der Waals surface area contributed by atoms with Gasteiger partial charge in [0.05, 0.1) is 16.4 Å². The number of rotatable bonds is 4. The van der Waals surface area contributed by atoms with E-state index in [1.807, 2.05) is 6.07 Å². The molecular formula is C16H9Cl3N2O2. The molecule has 3 aromatic rings. The lowest BCUT2D eigenvalue weighted by Gasteiger charge is -2.09. The lowest BCUT2D eigenvalue weighted by Crippen LogP contribution is -2.00. The number of aromatic nitrogens is 2. The molecule has 0 saturated carbocycles. The van der Waals surface area contributed by atoms with Crippen molar-refractivity contribution in [1.82, 2.24) is 9.78 Å². The first-order valence-electron chi connectivity index (χ1n) is 6.50. The van der Waals surface area contributed by atoms with Gasteiger partial charge in [-0.25, -0.2) is 4.68 Å². The maximum Gasteiger partial charge on any atom is 0.299 e. The first kappa shape index (κ1) is 15.9. The summed E-state index contributed by atoms with van der Waals surface area (Å²) in [6, 6.07) is 13.9. The number of hydrogen-bond donors (Lipinski definition) is 0. The van der Waals surface area contributed by atoms with Crippen LogP contribution in [0.5, 0.6) is 5.88 Å². The number of carbonyl (C=O) groups excluding carboxylic acids is 1. The molecule has 4 nitrogen and oxygen atoms in total. The van der Waals surface area contributed by atoms with Gasteiger partial charge in [0.1, 0.15) is 0 Å². The molecule has 1 aromatic heterocycles. The van der Waals surface area contributed by atoms with E-state index in [1.165, 1.54) is 0 Å². The largest absolute Gasteiger partial charge is 0.408 e. The van der Waals surface area contributed by atoms with Gasteiger partial charge in [0.25, 0.3) is 6.47 Å². The van der Waals surface area contributed by atoms with E-state index in [4.69, 9.17) is 39.5 Å². The Balaban J connectivity index is 2.20. The maximum atomic E-state index is 10.6. The molecule has 0 amide bonds. The third-order valence-electron chi connectivity index (χ3n) is 3.12. The van der Waals surface area contributed by atoms with Crippen molar-refractivity contribution in [3.05, 3.63) is 63.6 Å². The molecule has 0 bridgehead atoms. The molecule has 116 valence electrons. The highest BCUT2D eigenvalue weighted by molar-refractivity contribution is 6.36. The Labute approximate surface area is 147 Å². The Morgan fingerprint density at radius 3 is 2.48 bits per heavy atom. The van der Waals surface area contributed by atoms with E-state index in [0.717, 1.165) is 0 Å². The zero-order valence-corrected chi connectivity index (χ0v) is 13.8. The molecule has 0 aliphatic heterocycles. The van der Waals surface area contributed by atoms with Crippen LogP contribution in [0.2, 0.25) is 15.1 Å². The normalized spacial score (nSPS) is 10.6. The zero-order chi connectivity index (χ0) is 16.4. The van der Waals surface area contributed by atoms with Gasteiger partial charge in [0.15, 0.2) is 0 Å². The van der Waals surface area contributed by atoms with Crippen LogP contribution in [0.25, 0.3) is 16.9 Å². The van der Waals surface area contributed by atoms with Gasteiger partial charge in [0, 0.05) is 21.7 Å². The fraction of sp³-hybridized carbons (Fsp3) is 0. The fourth-order valence-corrected chi connectivity index (χ4v) is 2.85. The average Bonchev–Trinajstić information content (AvgIpc) is 2.91. The average molecular weight is 368 g/mol. The fourth-order valence-electron chi connectivity index (χ4n) is 2.16. The Morgan fingerprint density at radius 2 is 1.78 bits per heavy atom. The third kappa shape index (κ3) is 3.34. The van der Waals surface area contributed by atoms with Crippen LogP contribution in [-0.4, -0.2) is 16.3 Å². The molecule has 3 rings (SSSR count). The van der Waals surface area contributed by atoms with E-state index in [1.54, 1.807) is 47.1 Å². The minimum absolute atomic E-state index is 0.154. The molecule has 23 heavy (non-hydrogen) atoms. The van der Waals surface area contributed by atoms with E-state index >= 15 is 0 Å². The molecule has 0 radical (unpaired) electrons. The molecule has 0 fully saturated rings. The van der Waals surface area contributed by atoms with Gasteiger partial charge < -0.3 is 4.74 Å². The van der Waals surface area contributed by atoms with E-state index in [9.17, 15) is 4.79 Å². The molecule has 0 spiro atoms. The van der Waals surface area contributed by atoms with Gasteiger partial charge in [-0.05, 0) is 36.4 Å². The quantitative estimate of drug-likeness (QED) is 0.607. The van der Waals surface area contributed by atoms with E-state index < -0.39 is 0 Å². The molecular weight excluding hydrogens is 359 g/mol. The molecule has 0 aliphatic rings. The Kier molecular flexibility index (Phi) is 4.57. The second-order valence-corrected chi connectivity index (χ2v) is 5.88. The monoisotopic (exact) mass is 366 g/mol. The molecule has 0 N–H and O–H groups in total. The van der Waals surface area contributed by atoms with Crippen LogP contribution in [0.1, 0.15) is 0 Å². The van der Waals surface area contributed by atoms with Crippen molar-refractivity contribution in [3.8, 4) is 22.8 Å². The molecule has 1 heterocycles. The number of hydrogen-bond acceptors (Lipinski definition) is 3. The first-order chi connectivity index (χ1) is 11.1. The Morgan fingerprint density at radius 1 is 1.00 bits per heavy atom. The number of benzene rings is 2. The van der Waals surface area contributed by atoms with Gasteiger partial charge in [-0.1, -0.05) is 40.9 Å². The number of nitrogens with zero attached hydrogens (tertiary/aromatic N) is 2. The van der Waals surface area contributed by atoms with Gasteiger partial charge in [-0.15, -0.1) is 5.10 Å². The standard InChI is InChI=1S/C16H9Cl3N2O2/c17-10-2-1-3-12(6-10)21-15(8-16(20-21)23-9-22)13-5-4-11(18)7-14(13)19/h1-9H. The number of ether oxygens (including phenoxy) is 1. The maximum absolute atomic E-state index is 10.6. The van der Waals surface area contributed by atoms with Gasteiger partial charge in [-0.3, -0.25) is 4.79 Å². The van der Waals surface area contributed by atoms with Crippen LogP contribution in [0.4, 0.5) is 0 Å². The highest BCUT2D eigenvalue weighted by Gasteiger charge is 2.15. The van der Waals surface area contributed by atoms with E-state index in [2.05, 4.69) is 5.10 Å². The smallest absolute Gasteiger partial charge is 0.299 e. The van der Waals surface area contributed by atoms with Crippen molar-refractivity contribution < 1.29 is 9.53 Å². The van der Waals surface area contributed by atoms with Crippen molar-refractivity contribution >= 4 is 41.3 Å². The van der Waals surface area contributed by atoms with Gasteiger partial charge in [-0.2, -0.15) is 0 Å². The summed E-state index contributed by atoms with van der Waals surface area (Å²) in [6.45, 7) is 0.317. The summed E-state index contributed by atoms with van der Waals surface area (Å²) >= 11 is 18.3. The highest BCUT2D eigenvalue weighted by atomic mass is 35.5. The summed E-state index contributed by atoms with van der Waals surface area (Å²) in [6.07, 6.45) is 0. The third-order valence-corrected chi connectivity index (χ3v) is 3.90. The van der Waals surface area contributed by atoms with Crippen LogP contribution >= 0.6 is 34.8 Å². The zero-order valence-electron chi connectivity index (χ0n) is 11.5. The predicted octanol–water partition coefficient (Wildman–Crippen LogP) is 5.03. The van der Waals surface area contributed by atoms with Crippen molar-refractivity contribution in [2.45, 2.75) is 0 Å². The van der Waals surface area contributed by atoms with Crippen molar-refractivity contribution in [2.24, 2.45) is 0 Å². The summed E-state index contributed by atoms with van der Waals surface area (Å²) in [4.78, 5) is 10.6. The molecule has 0 atom stereocenters. The van der Waals surface area contributed by atoms with Crippen molar-refractivity contribution in [2.75, 3.05) is 0 Å². The highest BCUT2D eigenvalue weighted by Crippen LogP contribution is 2.34. The lowest BCUT2D eigenvalue weighted by molar-refractivity contribution is -0.120. The number of carbonyl (C=O) groups is 1. The van der Waals surface area contributed by atoms with E-state index in [0.29, 0.717) is 38.5 Å². The molecule has 0 saturated heterocycles. The topological polar surface area (TPSA) is 44.1 Å². The molecule has 7 heteroatoms. The molecule has 0 aliphatic carbocycles. The van der Waals surface area contributed by atoms with Crippen LogP contribution in [0, 0.1) is 0 Å². The molecule has 0 unspecified atom stereocenters. The van der Waals surface area contributed by atoms with Crippen LogP contribution in [-0.2, 0) is 4.79 Å². The van der Waals surface area contributed by atoms with Crippen LogP contribution in [0.3, 0.4) is 0 Å². The van der Waals surface area contributed by atoms with Gasteiger partial charge >= 0.3 is 0 Å². The summed E-state index contributed by atoms with van der Waals surface area (Å²) < 4.78 is 6.45. The minimum Gasteiger partial charge on any atom is -0.408 e. The predicted molar refractivity (Wildman–Crippen MR) is 90.7 cm³/mol. The van der Waals surface area contributed by atoms with Crippen molar-refractivity contribution in [3.63, 3.8) is 0 Å². The number of halogens is 3. The summed E-state index contributed by atoms with van der Waals surface area (Å²) in [5.74, 6) is 0.154. The minimum atomic E-state index is 0.154. The lowest BCUT2D eigenvalue weighted by atomic mass is 10.1. The summed E-state index contributed by atoms with van der Waals surface area (Å²) in [5.41, 5.74) is 2.05. The Bertz CT molecular complexity index is 878.